The number of nitrogens with zero attached hydrogens (tertiary/aromatic N) is 2. The third-order valence-corrected chi connectivity index (χ3v) is 3.46. The Kier molecular flexibility index (Phi) is 2.86. The van der Waals surface area contributed by atoms with Crippen molar-refractivity contribution in [1.82, 2.24) is 9.61 Å². The molecule has 0 saturated heterocycles. The highest BCUT2D eigenvalue weighted by atomic mass is 19.4. The Balaban J connectivity index is 2.36. The van der Waals surface area contributed by atoms with Gasteiger partial charge in [-0.05, 0) is 36.5 Å². The van der Waals surface area contributed by atoms with Crippen molar-refractivity contribution in [1.29, 1.82) is 0 Å². The molecule has 0 aromatic carbocycles. The number of aromatic nitrogens is 2. The average molecular weight is 300 g/mol. The number of hydrogen-bond donors (Lipinski definition) is 1. The number of alkyl halides is 3. The van der Waals surface area contributed by atoms with Crippen LogP contribution in [0.5, 0.6) is 5.75 Å². The van der Waals surface area contributed by atoms with Gasteiger partial charge in [0.05, 0.1) is 7.11 Å². The highest BCUT2D eigenvalue weighted by Crippen LogP contribution is 2.43. The zero-order valence-corrected chi connectivity index (χ0v) is 10.9. The quantitative estimate of drug-likeness (QED) is 0.946. The minimum atomic E-state index is -4.63. The predicted molar refractivity (Wildman–Crippen MR) is 65.7 cm³/mol. The molecule has 0 atom stereocenters. The van der Waals surface area contributed by atoms with Crippen LogP contribution < -0.4 is 4.74 Å². The molecule has 1 N–H and O–H groups in total. The number of rotatable bonds is 3. The molecule has 21 heavy (non-hydrogen) atoms. The molecule has 0 aliphatic heterocycles. The minimum absolute atomic E-state index is 0.0200. The highest BCUT2D eigenvalue weighted by molar-refractivity contribution is 5.92. The number of methoxy groups -OCH3 is 1. The lowest BCUT2D eigenvalue weighted by Gasteiger charge is -2.11. The maximum Gasteiger partial charge on any atom is 0.433 e. The van der Waals surface area contributed by atoms with E-state index >= 15 is 0 Å². The molecule has 112 valence electrons. The topological polar surface area (TPSA) is 63.8 Å². The smallest absolute Gasteiger partial charge is 0.433 e. The molecule has 0 spiro atoms. The molecule has 0 amide bonds. The number of carboxylic acids is 1. The van der Waals surface area contributed by atoms with Crippen LogP contribution in [-0.4, -0.2) is 27.8 Å². The summed E-state index contributed by atoms with van der Waals surface area (Å²) in [5.41, 5.74) is -0.972. The van der Waals surface area contributed by atoms with Gasteiger partial charge in [0.25, 0.3) is 0 Å². The molecule has 0 unspecified atom stereocenters. The fourth-order valence-corrected chi connectivity index (χ4v) is 2.34. The number of fused-ring (bicyclic) bond motifs is 1. The Morgan fingerprint density at radius 2 is 2.10 bits per heavy atom. The first-order valence-electron chi connectivity index (χ1n) is 6.24. The van der Waals surface area contributed by atoms with Crippen molar-refractivity contribution in [3.63, 3.8) is 0 Å². The third-order valence-electron chi connectivity index (χ3n) is 3.46. The molecule has 1 fully saturated rings. The van der Waals surface area contributed by atoms with E-state index in [0.29, 0.717) is 10.1 Å². The lowest BCUT2D eigenvalue weighted by atomic mass is 10.1. The van der Waals surface area contributed by atoms with Crippen LogP contribution in [-0.2, 0) is 6.18 Å². The number of hydrogen-bond acceptors (Lipinski definition) is 3. The Hall–Kier alpha value is -2.25. The van der Waals surface area contributed by atoms with Gasteiger partial charge in [-0.2, -0.15) is 18.3 Å². The summed E-state index contributed by atoms with van der Waals surface area (Å²) in [6, 6.07) is 2.55. The Morgan fingerprint density at radius 1 is 1.43 bits per heavy atom. The largest absolute Gasteiger partial charge is 0.492 e. The van der Waals surface area contributed by atoms with E-state index in [0.717, 1.165) is 18.9 Å². The van der Waals surface area contributed by atoms with Crippen LogP contribution in [0, 0.1) is 0 Å². The number of halogens is 3. The van der Waals surface area contributed by atoms with Crippen LogP contribution in [0.2, 0.25) is 0 Å². The van der Waals surface area contributed by atoms with Gasteiger partial charge in [0.15, 0.2) is 5.75 Å². The minimum Gasteiger partial charge on any atom is -0.492 e. The summed E-state index contributed by atoms with van der Waals surface area (Å²) in [5, 5.41) is 12.6. The Labute approximate surface area is 116 Å². The number of carboxylic acid groups (broad SMARTS) is 1. The summed E-state index contributed by atoms with van der Waals surface area (Å²) in [7, 11) is 1.21. The molecular weight excluding hydrogens is 289 g/mol. The van der Waals surface area contributed by atoms with E-state index in [4.69, 9.17) is 9.84 Å². The van der Waals surface area contributed by atoms with E-state index in [1.807, 2.05) is 0 Å². The summed E-state index contributed by atoms with van der Waals surface area (Å²) in [4.78, 5) is 11.1. The molecule has 5 nitrogen and oxygen atoms in total. The van der Waals surface area contributed by atoms with Gasteiger partial charge in [0.2, 0.25) is 5.69 Å². The van der Waals surface area contributed by atoms with Crippen molar-refractivity contribution in [2.24, 2.45) is 0 Å². The van der Waals surface area contributed by atoms with E-state index in [-0.39, 0.29) is 17.2 Å². The lowest BCUT2D eigenvalue weighted by Crippen LogP contribution is -2.13. The van der Waals surface area contributed by atoms with Crippen LogP contribution in [0.1, 0.15) is 40.5 Å². The lowest BCUT2D eigenvalue weighted by molar-refractivity contribution is -0.142. The second kappa shape index (κ2) is 4.37. The van der Waals surface area contributed by atoms with Gasteiger partial charge in [-0.25, -0.2) is 9.31 Å². The van der Waals surface area contributed by atoms with Crippen molar-refractivity contribution in [3.8, 4) is 5.75 Å². The molecular formula is C13H11F3N2O3. The van der Waals surface area contributed by atoms with Gasteiger partial charge in [-0.1, -0.05) is 0 Å². The average Bonchev–Trinajstić information content (AvgIpc) is 3.16. The number of carbonyl (C=O) groups is 1. The first kappa shape index (κ1) is 13.7. The second-order valence-electron chi connectivity index (χ2n) is 4.93. The second-order valence-corrected chi connectivity index (χ2v) is 4.93. The summed E-state index contributed by atoms with van der Waals surface area (Å²) in [6.07, 6.45) is -2.97. The first-order valence-corrected chi connectivity index (χ1v) is 6.24. The Bertz CT molecular complexity index is 732. The molecule has 2 heterocycles. The van der Waals surface area contributed by atoms with E-state index in [2.05, 4.69) is 5.10 Å². The van der Waals surface area contributed by atoms with Gasteiger partial charge in [-0.15, -0.1) is 0 Å². The predicted octanol–water partition coefficient (Wildman–Crippen LogP) is 2.94. The molecule has 1 saturated carbocycles. The molecule has 2 aromatic heterocycles. The molecule has 1 aliphatic carbocycles. The summed E-state index contributed by atoms with van der Waals surface area (Å²) in [5.74, 6) is -1.50. The standard InChI is InChI=1S/C13H11F3N2O3/c1-21-11-8-4-7(6-2-3-6)5-9(13(14,15)16)18(8)17-10(11)12(19)20/h4-6H,2-3H2,1H3,(H,19,20). The zero-order chi connectivity index (χ0) is 15.4. The highest BCUT2D eigenvalue weighted by Gasteiger charge is 2.38. The summed E-state index contributed by atoms with van der Waals surface area (Å²) >= 11 is 0. The Morgan fingerprint density at radius 3 is 2.57 bits per heavy atom. The van der Waals surface area contributed by atoms with Crippen LogP contribution in [0.15, 0.2) is 12.1 Å². The van der Waals surface area contributed by atoms with Gasteiger partial charge in [0, 0.05) is 0 Å². The van der Waals surface area contributed by atoms with Crippen molar-refractivity contribution < 1.29 is 27.8 Å². The molecule has 8 heteroatoms. The fraction of sp³-hybridized carbons (Fsp3) is 0.385. The maximum atomic E-state index is 13.2. The summed E-state index contributed by atoms with van der Waals surface area (Å²) < 4.78 is 45.1. The van der Waals surface area contributed by atoms with E-state index in [9.17, 15) is 18.0 Å². The van der Waals surface area contributed by atoms with Crippen molar-refractivity contribution in [3.05, 3.63) is 29.1 Å². The fourth-order valence-electron chi connectivity index (χ4n) is 2.34. The number of ether oxygens (including phenoxy) is 1. The van der Waals surface area contributed by atoms with Gasteiger partial charge >= 0.3 is 12.1 Å². The van der Waals surface area contributed by atoms with E-state index in [1.54, 1.807) is 0 Å². The van der Waals surface area contributed by atoms with Crippen LogP contribution in [0.3, 0.4) is 0 Å². The van der Waals surface area contributed by atoms with Gasteiger partial charge in [0.1, 0.15) is 11.2 Å². The van der Waals surface area contributed by atoms with Crippen LogP contribution >= 0.6 is 0 Å². The molecule has 1 aliphatic rings. The monoisotopic (exact) mass is 300 g/mol. The first-order chi connectivity index (χ1) is 9.82. The number of aromatic carboxylic acids is 1. The van der Waals surface area contributed by atoms with Crippen molar-refractivity contribution in [2.45, 2.75) is 24.9 Å². The molecule has 3 rings (SSSR count). The van der Waals surface area contributed by atoms with Crippen LogP contribution in [0.25, 0.3) is 5.52 Å². The van der Waals surface area contributed by atoms with Crippen molar-refractivity contribution >= 4 is 11.5 Å². The zero-order valence-electron chi connectivity index (χ0n) is 10.9. The normalized spacial score (nSPS) is 15.4. The van der Waals surface area contributed by atoms with Crippen molar-refractivity contribution in [2.75, 3.05) is 7.11 Å². The maximum absolute atomic E-state index is 13.2. The van der Waals surface area contributed by atoms with Crippen LogP contribution in [0.4, 0.5) is 13.2 Å². The van der Waals surface area contributed by atoms with Gasteiger partial charge in [-0.3, -0.25) is 0 Å². The van der Waals surface area contributed by atoms with E-state index < -0.39 is 23.5 Å². The third kappa shape index (κ3) is 2.20. The van der Waals surface area contributed by atoms with E-state index in [1.165, 1.54) is 13.2 Å². The molecule has 0 bridgehead atoms. The van der Waals surface area contributed by atoms with Gasteiger partial charge < -0.3 is 9.84 Å². The summed E-state index contributed by atoms with van der Waals surface area (Å²) in [6.45, 7) is 0. The SMILES string of the molecule is COc1c(C(=O)O)nn2c(C(F)(F)F)cc(C3CC3)cc12. The number of pyridine rings is 1. The molecule has 2 aromatic rings. The molecule has 0 radical (unpaired) electrons.